The lowest BCUT2D eigenvalue weighted by Crippen LogP contribution is -2.50. The molecule has 0 spiro atoms. The van der Waals surface area contributed by atoms with Gasteiger partial charge in [-0.25, -0.2) is 0 Å². The fourth-order valence-corrected chi connectivity index (χ4v) is 4.13. The molecule has 3 rings (SSSR count). The van der Waals surface area contributed by atoms with Gasteiger partial charge >= 0.3 is 0 Å². The molecule has 1 aromatic carbocycles. The highest BCUT2D eigenvalue weighted by Crippen LogP contribution is 2.25. The standard InChI is InChI=1S/C23H30ClN5O3/c1-23(2,3)11-19(22(32)27-16(12-25)8-14-6-7-26-20(14)30)29-21(31)18-9-13-4-5-15(24)10-17(13)28-18/h4-5,9-10,14,16,19,21,28-29,31H,6-8,11H2,1-3H3,(H,26,30)(H,27,32)/t14-,16-,19-,21?/m0/s1. The van der Waals surface area contributed by atoms with Crippen molar-refractivity contribution in [2.45, 2.75) is 58.3 Å². The molecule has 2 heterocycles. The van der Waals surface area contributed by atoms with Crippen LogP contribution < -0.4 is 16.0 Å². The molecular formula is C23H30ClN5O3. The number of fused-ring (bicyclic) bond motifs is 1. The summed E-state index contributed by atoms with van der Waals surface area (Å²) >= 11 is 6.04. The molecule has 1 unspecified atom stereocenters. The number of benzene rings is 1. The number of H-pyrrole nitrogens is 1. The zero-order valence-corrected chi connectivity index (χ0v) is 19.3. The molecule has 4 atom stereocenters. The number of nitrogens with one attached hydrogen (secondary N) is 4. The van der Waals surface area contributed by atoms with E-state index in [9.17, 15) is 20.0 Å². The van der Waals surface area contributed by atoms with E-state index in [-0.39, 0.29) is 29.6 Å². The summed E-state index contributed by atoms with van der Waals surface area (Å²) in [5.41, 5.74) is 1.08. The number of hydrogen-bond donors (Lipinski definition) is 5. The first kappa shape index (κ1) is 24.1. The molecule has 1 aromatic heterocycles. The van der Waals surface area contributed by atoms with Crippen LogP contribution in [0.15, 0.2) is 24.3 Å². The van der Waals surface area contributed by atoms with Gasteiger partial charge in [0.1, 0.15) is 12.3 Å². The van der Waals surface area contributed by atoms with E-state index in [4.69, 9.17) is 11.6 Å². The highest BCUT2D eigenvalue weighted by atomic mass is 35.5. The van der Waals surface area contributed by atoms with Gasteiger partial charge in [0.2, 0.25) is 11.8 Å². The first-order valence-corrected chi connectivity index (χ1v) is 11.1. The number of rotatable bonds is 8. The molecule has 0 aliphatic carbocycles. The highest BCUT2D eigenvalue weighted by molar-refractivity contribution is 6.31. The first-order chi connectivity index (χ1) is 15.1. The monoisotopic (exact) mass is 459 g/mol. The molecule has 172 valence electrons. The second-order valence-electron chi connectivity index (χ2n) is 9.55. The second kappa shape index (κ2) is 9.90. The van der Waals surface area contributed by atoms with Crippen molar-refractivity contribution in [3.05, 3.63) is 35.0 Å². The summed E-state index contributed by atoms with van der Waals surface area (Å²) in [4.78, 5) is 28.0. The van der Waals surface area contributed by atoms with E-state index in [0.29, 0.717) is 30.1 Å². The van der Waals surface area contributed by atoms with Crippen molar-refractivity contribution in [1.29, 1.82) is 5.26 Å². The lowest BCUT2D eigenvalue weighted by atomic mass is 9.87. The Labute approximate surface area is 192 Å². The smallest absolute Gasteiger partial charge is 0.238 e. The number of carbonyl (C=O) groups is 2. The van der Waals surface area contributed by atoms with Gasteiger partial charge in [0.05, 0.1) is 17.8 Å². The summed E-state index contributed by atoms with van der Waals surface area (Å²) in [6, 6.07) is 7.74. The van der Waals surface area contributed by atoms with Gasteiger partial charge in [0.15, 0.2) is 0 Å². The van der Waals surface area contributed by atoms with Gasteiger partial charge in [0.25, 0.3) is 0 Å². The SMILES string of the molecule is CC(C)(C)C[C@H](NC(O)c1cc2ccc(Cl)cc2[nH]1)C(=O)N[C@H](C#N)C[C@@H]1CCNC1=O. The molecule has 32 heavy (non-hydrogen) atoms. The van der Waals surface area contributed by atoms with Crippen molar-refractivity contribution in [1.82, 2.24) is 20.9 Å². The third-order valence-corrected chi connectivity index (χ3v) is 5.78. The topological polar surface area (TPSA) is 130 Å². The average molecular weight is 460 g/mol. The summed E-state index contributed by atoms with van der Waals surface area (Å²) in [6.07, 6.45) is 0.228. The van der Waals surface area contributed by atoms with Crippen LogP contribution in [0, 0.1) is 22.7 Å². The number of aliphatic hydroxyl groups excluding tert-OH is 1. The van der Waals surface area contributed by atoms with E-state index in [1.165, 1.54) is 0 Å². The van der Waals surface area contributed by atoms with Crippen LogP contribution in [0.4, 0.5) is 0 Å². The molecule has 2 amide bonds. The summed E-state index contributed by atoms with van der Waals surface area (Å²) in [5, 5.41) is 30.3. The number of amides is 2. The molecule has 5 N–H and O–H groups in total. The third-order valence-electron chi connectivity index (χ3n) is 5.55. The van der Waals surface area contributed by atoms with Crippen molar-refractivity contribution in [2.75, 3.05) is 6.54 Å². The van der Waals surface area contributed by atoms with Gasteiger partial charge in [-0.1, -0.05) is 38.4 Å². The van der Waals surface area contributed by atoms with Crippen LogP contribution in [0.1, 0.15) is 52.0 Å². The molecule has 0 bridgehead atoms. The van der Waals surface area contributed by atoms with E-state index < -0.39 is 18.3 Å². The van der Waals surface area contributed by atoms with Gasteiger partial charge in [0, 0.05) is 23.0 Å². The van der Waals surface area contributed by atoms with Crippen molar-refractivity contribution in [3.8, 4) is 6.07 Å². The minimum Gasteiger partial charge on any atom is -0.373 e. The maximum atomic E-state index is 13.1. The minimum atomic E-state index is -1.12. The Balaban J connectivity index is 1.71. The van der Waals surface area contributed by atoms with Gasteiger partial charge in [-0.3, -0.25) is 14.9 Å². The zero-order valence-electron chi connectivity index (χ0n) is 18.5. The highest BCUT2D eigenvalue weighted by Gasteiger charge is 2.32. The maximum Gasteiger partial charge on any atom is 0.238 e. The lowest BCUT2D eigenvalue weighted by molar-refractivity contribution is -0.126. The number of aromatic amines is 1. The summed E-state index contributed by atoms with van der Waals surface area (Å²) < 4.78 is 0. The van der Waals surface area contributed by atoms with E-state index in [2.05, 4.69) is 27.0 Å². The van der Waals surface area contributed by atoms with E-state index >= 15 is 0 Å². The first-order valence-electron chi connectivity index (χ1n) is 10.8. The number of hydrogen-bond acceptors (Lipinski definition) is 5. The summed E-state index contributed by atoms with van der Waals surface area (Å²) in [7, 11) is 0. The number of halogens is 1. The normalized spacial score (nSPS) is 19.2. The van der Waals surface area contributed by atoms with Crippen LogP contribution in [-0.4, -0.2) is 40.5 Å². The number of carbonyl (C=O) groups excluding carboxylic acids is 2. The van der Waals surface area contributed by atoms with Crippen LogP contribution in [0.2, 0.25) is 5.02 Å². The Hall–Kier alpha value is -2.60. The van der Waals surface area contributed by atoms with Crippen LogP contribution in [-0.2, 0) is 9.59 Å². The summed E-state index contributed by atoms with van der Waals surface area (Å²) in [6.45, 7) is 6.58. The fraction of sp³-hybridized carbons (Fsp3) is 0.522. The third kappa shape index (κ3) is 6.22. The summed E-state index contributed by atoms with van der Waals surface area (Å²) in [5.74, 6) is -0.751. The number of aromatic nitrogens is 1. The van der Waals surface area contributed by atoms with Crippen molar-refractivity contribution in [3.63, 3.8) is 0 Å². The molecule has 2 aromatic rings. The molecule has 1 fully saturated rings. The molecule has 0 radical (unpaired) electrons. The fourth-order valence-electron chi connectivity index (χ4n) is 3.96. The van der Waals surface area contributed by atoms with Crippen LogP contribution in [0.5, 0.6) is 0 Å². The molecular weight excluding hydrogens is 430 g/mol. The van der Waals surface area contributed by atoms with E-state index in [0.717, 1.165) is 10.9 Å². The average Bonchev–Trinajstić information content (AvgIpc) is 3.31. The number of aliphatic hydroxyl groups is 1. The van der Waals surface area contributed by atoms with Crippen LogP contribution >= 0.6 is 11.6 Å². The predicted octanol–water partition coefficient (Wildman–Crippen LogP) is 2.74. The Morgan fingerprint density at radius 3 is 2.75 bits per heavy atom. The minimum absolute atomic E-state index is 0.0850. The molecule has 1 aliphatic heterocycles. The Morgan fingerprint density at radius 2 is 2.12 bits per heavy atom. The van der Waals surface area contributed by atoms with Crippen molar-refractivity contribution in [2.24, 2.45) is 11.3 Å². The van der Waals surface area contributed by atoms with Crippen molar-refractivity contribution < 1.29 is 14.7 Å². The Morgan fingerprint density at radius 1 is 1.38 bits per heavy atom. The molecule has 9 heteroatoms. The maximum absolute atomic E-state index is 13.1. The van der Waals surface area contributed by atoms with Gasteiger partial charge in [-0.05, 0) is 48.3 Å². The van der Waals surface area contributed by atoms with E-state index in [1.807, 2.05) is 26.8 Å². The zero-order chi connectivity index (χ0) is 23.5. The Kier molecular flexibility index (Phi) is 7.44. The Bertz CT molecular complexity index is 1020. The predicted molar refractivity (Wildman–Crippen MR) is 123 cm³/mol. The van der Waals surface area contributed by atoms with Gasteiger partial charge in [-0.15, -0.1) is 0 Å². The largest absolute Gasteiger partial charge is 0.373 e. The van der Waals surface area contributed by atoms with Crippen molar-refractivity contribution >= 4 is 34.3 Å². The number of nitriles is 1. The van der Waals surface area contributed by atoms with Crippen LogP contribution in [0.25, 0.3) is 10.9 Å². The molecule has 8 nitrogen and oxygen atoms in total. The van der Waals surface area contributed by atoms with Gasteiger partial charge < -0.3 is 20.7 Å². The molecule has 1 aliphatic rings. The lowest BCUT2D eigenvalue weighted by Gasteiger charge is -2.29. The van der Waals surface area contributed by atoms with Crippen LogP contribution in [0.3, 0.4) is 0 Å². The second-order valence-corrected chi connectivity index (χ2v) is 9.98. The molecule has 1 saturated heterocycles. The van der Waals surface area contributed by atoms with Gasteiger partial charge in [-0.2, -0.15) is 5.26 Å². The number of nitrogens with zero attached hydrogens (tertiary/aromatic N) is 1. The van der Waals surface area contributed by atoms with E-state index in [1.54, 1.807) is 18.2 Å². The molecule has 0 saturated carbocycles. The quantitative estimate of drug-likeness (QED) is 0.387.